The Morgan fingerprint density at radius 1 is 1.26 bits per heavy atom. The highest BCUT2D eigenvalue weighted by molar-refractivity contribution is 9.10. The van der Waals surface area contributed by atoms with E-state index in [4.69, 9.17) is 16.3 Å². The number of fused-ring (bicyclic) bond motifs is 1. The molecule has 0 aliphatic carbocycles. The summed E-state index contributed by atoms with van der Waals surface area (Å²) >= 11 is 10.00. The van der Waals surface area contributed by atoms with E-state index in [0.717, 1.165) is 47.0 Å². The summed E-state index contributed by atoms with van der Waals surface area (Å²) in [5.74, 6) is 0.464. The largest absolute Gasteiger partial charge is 0.381 e. The molecule has 100 valence electrons. The van der Waals surface area contributed by atoms with Crippen LogP contribution in [-0.2, 0) is 4.74 Å². The van der Waals surface area contributed by atoms with Gasteiger partial charge in [-0.2, -0.15) is 0 Å². The van der Waals surface area contributed by atoms with Gasteiger partial charge >= 0.3 is 0 Å². The molecule has 2 aromatic rings. The summed E-state index contributed by atoms with van der Waals surface area (Å²) in [5, 5.41) is 1.77. The lowest BCUT2D eigenvalue weighted by Gasteiger charge is -2.23. The number of benzene rings is 1. The predicted octanol–water partition coefficient (Wildman–Crippen LogP) is 4.85. The Morgan fingerprint density at radius 3 is 2.74 bits per heavy atom. The molecule has 19 heavy (non-hydrogen) atoms. The number of halogens is 2. The van der Waals surface area contributed by atoms with Crippen molar-refractivity contribution in [3.05, 3.63) is 39.0 Å². The molecule has 3 rings (SSSR count). The molecule has 2 heterocycles. The van der Waals surface area contributed by atoms with Crippen molar-refractivity contribution in [2.75, 3.05) is 13.2 Å². The van der Waals surface area contributed by atoms with Crippen LogP contribution in [0.5, 0.6) is 0 Å². The van der Waals surface area contributed by atoms with Crippen molar-refractivity contribution < 1.29 is 4.74 Å². The topological polar surface area (TPSA) is 22.1 Å². The van der Waals surface area contributed by atoms with Crippen LogP contribution < -0.4 is 0 Å². The van der Waals surface area contributed by atoms with Crippen molar-refractivity contribution >= 4 is 38.4 Å². The third kappa shape index (κ3) is 2.64. The summed E-state index contributed by atoms with van der Waals surface area (Å²) in [5.41, 5.74) is 3.29. The molecule has 1 saturated heterocycles. The monoisotopic (exact) mass is 339 g/mol. The smallest absolute Gasteiger partial charge is 0.133 e. The van der Waals surface area contributed by atoms with Gasteiger partial charge in [-0.15, -0.1) is 0 Å². The third-order valence-electron chi connectivity index (χ3n) is 3.67. The SMILES string of the molecule is Cc1cc(Br)c2cc(C3CCOCC3)c(Cl)nc2c1. The Kier molecular flexibility index (Phi) is 3.79. The fourth-order valence-corrected chi connectivity index (χ4v) is 3.63. The van der Waals surface area contributed by atoms with Crippen LogP contribution in [0.15, 0.2) is 22.7 Å². The van der Waals surface area contributed by atoms with E-state index in [1.165, 1.54) is 5.56 Å². The second kappa shape index (κ2) is 5.39. The number of aryl methyl sites for hydroxylation is 1. The van der Waals surface area contributed by atoms with Crippen LogP contribution >= 0.6 is 27.5 Å². The van der Waals surface area contributed by atoms with Crippen molar-refractivity contribution in [3.8, 4) is 0 Å². The Bertz CT molecular complexity index is 623. The van der Waals surface area contributed by atoms with Gasteiger partial charge in [-0.25, -0.2) is 4.98 Å². The molecule has 0 atom stereocenters. The summed E-state index contributed by atoms with van der Waals surface area (Å²) in [6.07, 6.45) is 2.05. The van der Waals surface area contributed by atoms with E-state index in [1.807, 2.05) is 0 Å². The summed E-state index contributed by atoms with van der Waals surface area (Å²) in [7, 11) is 0. The quantitative estimate of drug-likeness (QED) is 0.692. The number of rotatable bonds is 1. The van der Waals surface area contributed by atoms with E-state index in [1.54, 1.807) is 0 Å². The van der Waals surface area contributed by atoms with Crippen LogP contribution in [-0.4, -0.2) is 18.2 Å². The van der Waals surface area contributed by atoms with E-state index >= 15 is 0 Å². The fraction of sp³-hybridized carbons (Fsp3) is 0.400. The third-order valence-corrected chi connectivity index (χ3v) is 4.63. The van der Waals surface area contributed by atoms with Gasteiger partial charge < -0.3 is 4.74 Å². The molecule has 1 aliphatic heterocycles. The molecule has 1 aliphatic rings. The average Bonchev–Trinajstić information content (AvgIpc) is 2.38. The first-order chi connectivity index (χ1) is 9.15. The van der Waals surface area contributed by atoms with Gasteiger partial charge in [0.2, 0.25) is 0 Å². The Hall–Kier alpha value is -0.640. The van der Waals surface area contributed by atoms with E-state index in [2.05, 4.69) is 46.0 Å². The molecule has 0 bridgehead atoms. The highest BCUT2D eigenvalue weighted by atomic mass is 79.9. The van der Waals surface area contributed by atoms with Crippen molar-refractivity contribution in [2.45, 2.75) is 25.7 Å². The number of pyridine rings is 1. The summed E-state index contributed by atoms with van der Waals surface area (Å²) in [4.78, 5) is 4.57. The van der Waals surface area contributed by atoms with Gasteiger partial charge in [-0.05, 0) is 55.0 Å². The maximum Gasteiger partial charge on any atom is 0.133 e. The molecule has 0 amide bonds. The van der Waals surface area contributed by atoms with E-state index in [9.17, 15) is 0 Å². The van der Waals surface area contributed by atoms with E-state index in [0.29, 0.717) is 11.1 Å². The fourth-order valence-electron chi connectivity index (χ4n) is 2.65. The van der Waals surface area contributed by atoms with Crippen LogP contribution in [0.1, 0.15) is 29.9 Å². The maximum atomic E-state index is 6.37. The zero-order valence-corrected chi connectivity index (χ0v) is 13.1. The molecule has 1 aromatic carbocycles. The Balaban J connectivity index is 2.12. The van der Waals surface area contributed by atoms with Gasteiger partial charge in [-0.1, -0.05) is 27.5 Å². The molecule has 1 fully saturated rings. The molecule has 2 nitrogen and oxygen atoms in total. The molecule has 0 radical (unpaired) electrons. The van der Waals surface area contributed by atoms with Crippen LogP contribution in [0, 0.1) is 6.92 Å². The minimum atomic E-state index is 0.464. The van der Waals surface area contributed by atoms with Gasteiger partial charge in [0.1, 0.15) is 5.15 Å². The van der Waals surface area contributed by atoms with Crippen LogP contribution in [0.3, 0.4) is 0 Å². The van der Waals surface area contributed by atoms with Gasteiger partial charge in [0, 0.05) is 23.1 Å². The molecule has 0 unspecified atom stereocenters. The number of aromatic nitrogens is 1. The predicted molar refractivity (Wildman–Crippen MR) is 82.0 cm³/mol. The molecule has 0 saturated carbocycles. The van der Waals surface area contributed by atoms with Crippen molar-refractivity contribution in [1.82, 2.24) is 4.98 Å². The molecular formula is C15H15BrClNO. The molecule has 0 spiro atoms. The minimum Gasteiger partial charge on any atom is -0.381 e. The first-order valence-electron chi connectivity index (χ1n) is 6.49. The molecule has 4 heteroatoms. The molecule has 1 aromatic heterocycles. The minimum absolute atomic E-state index is 0.464. The lowest BCUT2D eigenvalue weighted by Crippen LogP contribution is -2.14. The Morgan fingerprint density at radius 2 is 2.00 bits per heavy atom. The average molecular weight is 341 g/mol. The maximum absolute atomic E-state index is 6.37. The lowest BCUT2D eigenvalue weighted by atomic mass is 9.92. The summed E-state index contributed by atoms with van der Waals surface area (Å²) in [6, 6.07) is 6.37. The van der Waals surface area contributed by atoms with E-state index in [-0.39, 0.29) is 0 Å². The zero-order valence-electron chi connectivity index (χ0n) is 10.7. The number of hydrogen-bond donors (Lipinski definition) is 0. The first-order valence-corrected chi connectivity index (χ1v) is 7.66. The standard InChI is InChI=1S/C15H15BrClNO/c1-9-6-13(16)12-8-11(10-2-4-19-5-3-10)15(17)18-14(12)7-9/h6-8,10H,2-5H2,1H3. The lowest BCUT2D eigenvalue weighted by molar-refractivity contribution is 0.0853. The number of nitrogens with zero attached hydrogens (tertiary/aromatic N) is 1. The highest BCUT2D eigenvalue weighted by Crippen LogP contribution is 2.35. The summed E-state index contributed by atoms with van der Waals surface area (Å²) in [6.45, 7) is 3.69. The van der Waals surface area contributed by atoms with Crippen LogP contribution in [0.25, 0.3) is 10.9 Å². The van der Waals surface area contributed by atoms with E-state index < -0.39 is 0 Å². The normalized spacial score (nSPS) is 17.0. The van der Waals surface area contributed by atoms with Crippen LogP contribution in [0.4, 0.5) is 0 Å². The number of ether oxygens (including phenoxy) is 1. The zero-order chi connectivity index (χ0) is 13.4. The molecule has 0 N–H and O–H groups in total. The van der Waals surface area contributed by atoms with Crippen molar-refractivity contribution in [2.24, 2.45) is 0 Å². The second-order valence-electron chi connectivity index (χ2n) is 5.07. The van der Waals surface area contributed by atoms with Gasteiger partial charge in [-0.3, -0.25) is 0 Å². The van der Waals surface area contributed by atoms with Gasteiger partial charge in [0.25, 0.3) is 0 Å². The van der Waals surface area contributed by atoms with Crippen molar-refractivity contribution in [1.29, 1.82) is 0 Å². The summed E-state index contributed by atoms with van der Waals surface area (Å²) < 4.78 is 6.50. The second-order valence-corrected chi connectivity index (χ2v) is 6.28. The highest BCUT2D eigenvalue weighted by Gasteiger charge is 2.20. The number of hydrogen-bond acceptors (Lipinski definition) is 2. The van der Waals surface area contributed by atoms with Crippen LogP contribution in [0.2, 0.25) is 5.15 Å². The molecular weight excluding hydrogens is 326 g/mol. The Labute approximate surface area is 126 Å². The van der Waals surface area contributed by atoms with Crippen molar-refractivity contribution in [3.63, 3.8) is 0 Å². The van der Waals surface area contributed by atoms with Gasteiger partial charge in [0.15, 0.2) is 0 Å². The van der Waals surface area contributed by atoms with Gasteiger partial charge in [0.05, 0.1) is 5.52 Å². The first kappa shape index (κ1) is 13.3.